The summed E-state index contributed by atoms with van der Waals surface area (Å²) in [4.78, 5) is 12.0. The van der Waals surface area contributed by atoms with Crippen molar-refractivity contribution in [2.24, 2.45) is 29.6 Å². The Morgan fingerprint density at radius 3 is 2.37 bits per heavy atom. The Kier molecular flexibility index (Phi) is 4.20. The maximum absolute atomic E-state index is 12.0. The summed E-state index contributed by atoms with van der Waals surface area (Å²) in [7, 11) is -3.46. The van der Waals surface area contributed by atoms with Crippen LogP contribution < -0.4 is 0 Å². The van der Waals surface area contributed by atoms with E-state index in [1.807, 2.05) is 0 Å². The number of esters is 1. The van der Waals surface area contributed by atoms with E-state index in [2.05, 4.69) is 18.0 Å². The molecule has 5 unspecified atom stereocenters. The molecule has 110 valence electrons. The van der Waals surface area contributed by atoms with Crippen molar-refractivity contribution in [2.75, 3.05) is 19.5 Å². The quantitative estimate of drug-likeness (QED) is 0.435. The Balaban J connectivity index is 1.76. The fourth-order valence-electron chi connectivity index (χ4n) is 3.65. The molecule has 0 heterocycles. The summed E-state index contributed by atoms with van der Waals surface area (Å²) < 4.78 is 31.2. The molecule has 0 amide bonds. The number of hydrogen-bond donors (Lipinski definition) is 0. The molecule has 2 rings (SSSR count). The van der Waals surface area contributed by atoms with Gasteiger partial charge in [0.2, 0.25) is 0 Å². The Hall–Kier alpha value is -0.620. The fourth-order valence-corrected chi connectivity index (χ4v) is 4.02. The van der Waals surface area contributed by atoms with Crippen LogP contribution in [-0.4, -0.2) is 33.9 Å². The van der Waals surface area contributed by atoms with Crippen LogP contribution in [-0.2, 0) is 23.8 Å². The summed E-state index contributed by atoms with van der Waals surface area (Å²) in [6.45, 7) is 4.37. The van der Waals surface area contributed by atoms with Gasteiger partial charge in [-0.1, -0.05) is 13.8 Å². The van der Waals surface area contributed by atoms with Crippen molar-refractivity contribution < 1.29 is 22.1 Å². The van der Waals surface area contributed by atoms with Gasteiger partial charge in [0.15, 0.2) is 0 Å². The van der Waals surface area contributed by atoms with Gasteiger partial charge >= 0.3 is 5.97 Å². The molecule has 2 aliphatic rings. The van der Waals surface area contributed by atoms with Crippen molar-refractivity contribution >= 4 is 16.1 Å². The monoisotopic (exact) mass is 290 g/mol. The van der Waals surface area contributed by atoms with Gasteiger partial charge in [-0.2, -0.15) is 8.42 Å². The van der Waals surface area contributed by atoms with Gasteiger partial charge in [0, 0.05) is 0 Å². The van der Waals surface area contributed by atoms with Crippen molar-refractivity contribution in [1.29, 1.82) is 0 Å². The molecule has 2 saturated carbocycles. The Morgan fingerprint density at radius 2 is 1.84 bits per heavy atom. The number of ether oxygens (including phenoxy) is 1. The van der Waals surface area contributed by atoms with E-state index in [9.17, 15) is 13.2 Å². The predicted molar refractivity (Wildman–Crippen MR) is 69.8 cm³/mol. The van der Waals surface area contributed by atoms with E-state index < -0.39 is 10.1 Å². The second kappa shape index (κ2) is 5.40. The number of fused-ring (bicyclic) bond motifs is 2. The van der Waals surface area contributed by atoms with Gasteiger partial charge in [-0.05, 0) is 36.5 Å². The van der Waals surface area contributed by atoms with Gasteiger partial charge < -0.3 is 4.74 Å². The lowest BCUT2D eigenvalue weighted by atomic mass is 9.76. The molecule has 0 aromatic heterocycles. The van der Waals surface area contributed by atoms with E-state index in [1.165, 1.54) is 0 Å². The van der Waals surface area contributed by atoms with Crippen molar-refractivity contribution in [2.45, 2.75) is 26.7 Å². The van der Waals surface area contributed by atoms with Gasteiger partial charge in [0.1, 0.15) is 13.2 Å². The highest BCUT2D eigenvalue weighted by molar-refractivity contribution is 7.85. The van der Waals surface area contributed by atoms with Crippen LogP contribution >= 0.6 is 0 Å². The largest absolute Gasteiger partial charge is 0.463 e. The molecule has 0 aromatic carbocycles. The summed E-state index contributed by atoms with van der Waals surface area (Å²) >= 11 is 0. The van der Waals surface area contributed by atoms with E-state index >= 15 is 0 Å². The number of carbonyl (C=O) groups excluding carboxylic acids is 1. The maximum atomic E-state index is 12.0. The normalized spacial score (nSPS) is 37.5. The smallest absolute Gasteiger partial charge is 0.309 e. The van der Waals surface area contributed by atoms with Crippen LogP contribution in [0, 0.1) is 29.6 Å². The standard InChI is InChI=1S/C13H22O5S/c1-8-9(2)11-6-10(8)7-12(11)13(14)17-4-5-18-19(3,15)16/h8-12H,4-7H2,1-3H3. The molecular weight excluding hydrogens is 268 g/mol. The van der Waals surface area contributed by atoms with Gasteiger partial charge in [0.25, 0.3) is 10.1 Å². The third kappa shape index (κ3) is 3.28. The van der Waals surface area contributed by atoms with Crippen LogP contribution in [0.3, 0.4) is 0 Å². The minimum Gasteiger partial charge on any atom is -0.463 e. The Morgan fingerprint density at radius 1 is 1.16 bits per heavy atom. The van der Waals surface area contributed by atoms with Crippen molar-refractivity contribution in [1.82, 2.24) is 0 Å². The highest BCUT2D eigenvalue weighted by atomic mass is 32.2. The first-order valence-corrected chi connectivity index (χ1v) is 8.62. The predicted octanol–water partition coefficient (Wildman–Crippen LogP) is 1.43. The van der Waals surface area contributed by atoms with Crippen molar-refractivity contribution in [3.05, 3.63) is 0 Å². The fraction of sp³-hybridized carbons (Fsp3) is 0.923. The molecule has 19 heavy (non-hydrogen) atoms. The van der Waals surface area contributed by atoms with Gasteiger partial charge in [-0.15, -0.1) is 0 Å². The zero-order valence-corrected chi connectivity index (χ0v) is 12.5. The summed E-state index contributed by atoms with van der Waals surface area (Å²) in [6, 6.07) is 0. The summed E-state index contributed by atoms with van der Waals surface area (Å²) in [6.07, 6.45) is 3.03. The molecule has 0 spiro atoms. The number of carbonyl (C=O) groups is 1. The van der Waals surface area contributed by atoms with Crippen LogP contribution in [0.5, 0.6) is 0 Å². The number of rotatable bonds is 5. The number of hydrogen-bond acceptors (Lipinski definition) is 5. The summed E-state index contributed by atoms with van der Waals surface area (Å²) in [5, 5.41) is 0. The lowest BCUT2D eigenvalue weighted by Gasteiger charge is -2.30. The summed E-state index contributed by atoms with van der Waals surface area (Å²) in [5.74, 6) is 2.15. The van der Waals surface area contributed by atoms with E-state index in [1.54, 1.807) is 0 Å². The highest BCUT2D eigenvalue weighted by Crippen LogP contribution is 2.55. The maximum Gasteiger partial charge on any atom is 0.309 e. The Labute approximate surface area is 114 Å². The van der Waals surface area contributed by atoms with Gasteiger partial charge in [-0.25, -0.2) is 0 Å². The Bertz CT molecular complexity index is 442. The first-order valence-electron chi connectivity index (χ1n) is 6.80. The molecule has 0 aliphatic heterocycles. The summed E-state index contributed by atoms with van der Waals surface area (Å²) in [5.41, 5.74) is 0. The van der Waals surface area contributed by atoms with Crippen LogP contribution in [0.1, 0.15) is 26.7 Å². The molecule has 0 saturated heterocycles. The van der Waals surface area contributed by atoms with E-state index in [4.69, 9.17) is 4.74 Å². The van der Waals surface area contributed by atoms with Crippen LogP contribution in [0.15, 0.2) is 0 Å². The molecule has 0 aromatic rings. The average Bonchev–Trinajstić information content (AvgIpc) is 2.85. The minimum atomic E-state index is -3.46. The molecule has 2 bridgehead atoms. The van der Waals surface area contributed by atoms with Gasteiger partial charge in [0.05, 0.1) is 12.2 Å². The molecular formula is C13H22O5S. The van der Waals surface area contributed by atoms with E-state index in [0.717, 1.165) is 19.1 Å². The molecule has 0 radical (unpaired) electrons. The molecule has 5 atom stereocenters. The van der Waals surface area contributed by atoms with E-state index in [0.29, 0.717) is 23.7 Å². The third-order valence-corrected chi connectivity index (χ3v) is 5.42. The van der Waals surface area contributed by atoms with E-state index in [-0.39, 0.29) is 25.1 Å². The van der Waals surface area contributed by atoms with Crippen LogP contribution in [0.25, 0.3) is 0 Å². The second-order valence-corrected chi connectivity index (χ2v) is 7.56. The van der Waals surface area contributed by atoms with Crippen molar-refractivity contribution in [3.63, 3.8) is 0 Å². The topological polar surface area (TPSA) is 69.7 Å². The van der Waals surface area contributed by atoms with Crippen LogP contribution in [0.2, 0.25) is 0 Å². The zero-order chi connectivity index (χ0) is 14.2. The molecule has 2 aliphatic carbocycles. The SMILES string of the molecule is CC1C2CC(C(=O)OCCOS(C)(=O)=O)C(C2)C1C. The molecule has 5 nitrogen and oxygen atoms in total. The lowest BCUT2D eigenvalue weighted by molar-refractivity contribution is -0.152. The first kappa shape index (κ1) is 14.8. The third-order valence-electron chi connectivity index (χ3n) is 4.82. The molecule has 2 fully saturated rings. The highest BCUT2D eigenvalue weighted by Gasteiger charge is 2.51. The minimum absolute atomic E-state index is 0.00369. The van der Waals surface area contributed by atoms with Crippen molar-refractivity contribution in [3.8, 4) is 0 Å². The molecule has 0 N–H and O–H groups in total. The van der Waals surface area contributed by atoms with Gasteiger partial charge in [-0.3, -0.25) is 8.98 Å². The van der Waals surface area contributed by atoms with Crippen LogP contribution in [0.4, 0.5) is 0 Å². The molecule has 6 heteroatoms. The zero-order valence-electron chi connectivity index (χ0n) is 11.7. The lowest BCUT2D eigenvalue weighted by Crippen LogP contribution is -2.31. The average molecular weight is 290 g/mol. The first-order chi connectivity index (χ1) is 8.79. The second-order valence-electron chi connectivity index (χ2n) is 5.91.